The lowest BCUT2D eigenvalue weighted by molar-refractivity contribution is -0.259. The van der Waals surface area contributed by atoms with Gasteiger partial charge >= 0.3 is 12.1 Å². The molecule has 0 spiro atoms. The van der Waals surface area contributed by atoms with Gasteiger partial charge in [0.25, 0.3) is 0 Å². The number of carbonyl (C=O) groups excluding carboxylic acids is 2. The monoisotopic (exact) mass is 351 g/mol. The topological polar surface area (TPSA) is 71.1 Å². The largest absolute Gasteiger partial charge is 0.457 e. The molecule has 132 valence electrons. The van der Waals surface area contributed by atoms with Crippen molar-refractivity contribution in [2.45, 2.75) is 19.0 Å². The van der Waals surface area contributed by atoms with Gasteiger partial charge in [0.2, 0.25) is 5.91 Å². The van der Waals surface area contributed by atoms with Crippen LogP contribution < -0.4 is 10.6 Å². The van der Waals surface area contributed by atoms with E-state index >= 15 is 0 Å². The summed E-state index contributed by atoms with van der Waals surface area (Å²) in [7, 11) is 0. The van der Waals surface area contributed by atoms with Gasteiger partial charge in [-0.05, 0) is 18.2 Å². The van der Waals surface area contributed by atoms with Crippen LogP contribution in [0.3, 0.4) is 0 Å². The summed E-state index contributed by atoms with van der Waals surface area (Å²) in [4.78, 5) is 26.2. The van der Waals surface area contributed by atoms with Crippen molar-refractivity contribution in [3.63, 3.8) is 0 Å². The maximum absolute atomic E-state index is 12.6. The van der Waals surface area contributed by atoms with Gasteiger partial charge < -0.3 is 10.6 Å². The van der Waals surface area contributed by atoms with Crippen LogP contribution >= 0.6 is 0 Å². The molecule has 0 fully saturated rings. The molecule has 0 atom stereocenters. The maximum atomic E-state index is 12.6. The molecule has 0 saturated heterocycles. The number of pyridine rings is 1. The van der Waals surface area contributed by atoms with E-state index in [1.165, 1.54) is 19.2 Å². The molecule has 1 heterocycles. The normalized spacial score (nSPS) is 12.2. The number of carbonyl (C=O) groups is 2. The average Bonchev–Trinajstić information content (AvgIpc) is 2.49. The SMILES string of the molecule is CC(=O)c1cc(NCCNC(=O)C=CC(F)(F)C(F)(F)F)ccn1. The van der Waals surface area contributed by atoms with Gasteiger partial charge in [-0.15, -0.1) is 0 Å². The Bertz CT molecular complexity index is 629. The summed E-state index contributed by atoms with van der Waals surface area (Å²) >= 11 is 0. The molecular weight excluding hydrogens is 337 g/mol. The van der Waals surface area contributed by atoms with E-state index in [0.717, 1.165) is 0 Å². The number of hydrogen-bond donors (Lipinski definition) is 2. The van der Waals surface area contributed by atoms with Crippen molar-refractivity contribution in [3.8, 4) is 0 Å². The number of amides is 1. The Morgan fingerprint density at radius 3 is 2.46 bits per heavy atom. The van der Waals surface area contributed by atoms with Crippen molar-refractivity contribution < 1.29 is 31.5 Å². The number of ketones is 1. The summed E-state index contributed by atoms with van der Waals surface area (Å²) in [6.07, 6.45) is -4.72. The van der Waals surface area contributed by atoms with E-state index in [1.807, 2.05) is 0 Å². The summed E-state index contributed by atoms with van der Waals surface area (Å²) < 4.78 is 60.8. The number of aromatic nitrogens is 1. The first-order valence-electron chi connectivity index (χ1n) is 6.65. The highest BCUT2D eigenvalue weighted by atomic mass is 19.4. The zero-order valence-electron chi connectivity index (χ0n) is 12.5. The molecule has 1 aromatic heterocycles. The first-order chi connectivity index (χ1) is 11.0. The second-order valence-electron chi connectivity index (χ2n) is 4.66. The van der Waals surface area contributed by atoms with Gasteiger partial charge in [-0.3, -0.25) is 14.6 Å². The molecule has 5 nitrogen and oxygen atoms in total. The first-order valence-corrected chi connectivity index (χ1v) is 6.65. The van der Waals surface area contributed by atoms with E-state index in [9.17, 15) is 31.5 Å². The highest BCUT2D eigenvalue weighted by Crippen LogP contribution is 2.36. The van der Waals surface area contributed by atoms with E-state index < -0.39 is 24.1 Å². The molecule has 0 aliphatic heterocycles. The maximum Gasteiger partial charge on any atom is 0.457 e. The lowest BCUT2D eigenvalue weighted by atomic mass is 10.2. The smallest absolute Gasteiger partial charge is 0.383 e. The lowest BCUT2D eigenvalue weighted by Gasteiger charge is -2.15. The van der Waals surface area contributed by atoms with Crippen molar-refractivity contribution in [3.05, 3.63) is 36.2 Å². The van der Waals surface area contributed by atoms with Gasteiger partial charge in [0, 0.05) is 38.0 Å². The summed E-state index contributed by atoms with van der Waals surface area (Å²) in [5.74, 6) is -6.38. The second kappa shape index (κ2) is 7.84. The number of alkyl halides is 5. The van der Waals surface area contributed by atoms with Crippen LogP contribution in [-0.2, 0) is 4.79 Å². The van der Waals surface area contributed by atoms with Gasteiger partial charge in [0.1, 0.15) is 5.69 Å². The predicted molar refractivity (Wildman–Crippen MR) is 75.9 cm³/mol. The Kier molecular flexibility index (Phi) is 6.38. The number of anilines is 1. The van der Waals surface area contributed by atoms with Crippen LogP contribution in [-0.4, -0.2) is 41.9 Å². The average molecular weight is 351 g/mol. The molecule has 0 aliphatic rings. The fourth-order valence-electron chi connectivity index (χ4n) is 1.46. The van der Waals surface area contributed by atoms with Gasteiger partial charge in [-0.25, -0.2) is 0 Å². The van der Waals surface area contributed by atoms with Crippen LogP contribution in [0, 0.1) is 0 Å². The van der Waals surface area contributed by atoms with Crippen molar-refractivity contribution in [1.82, 2.24) is 10.3 Å². The van der Waals surface area contributed by atoms with E-state index in [-0.39, 0.29) is 30.6 Å². The Hall–Kier alpha value is -2.52. The molecule has 0 bridgehead atoms. The van der Waals surface area contributed by atoms with Gasteiger partial charge in [0.05, 0.1) is 0 Å². The van der Waals surface area contributed by atoms with E-state index in [4.69, 9.17) is 0 Å². The highest BCUT2D eigenvalue weighted by Gasteiger charge is 2.55. The molecule has 1 rings (SSSR count). The zero-order valence-corrected chi connectivity index (χ0v) is 12.5. The number of hydrogen-bond acceptors (Lipinski definition) is 4. The molecule has 2 N–H and O–H groups in total. The Labute approximate surface area is 133 Å². The number of rotatable bonds is 7. The molecular formula is C14H14F5N3O2. The van der Waals surface area contributed by atoms with Crippen molar-refractivity contribution in [1.29, 1.82) is 0 Å². The quantitative estimate of drug-likeness (QED) is 0.343. The summed E-state index contributed by atoms with van der Waals surface area (Å²) in [5.41, 5.74) is 0.782. The van der Waals surface area contributed by atoms with Gasteiger partial charge in [0.15, 0.2) is 5.78 Å². The number of nitrogens with zero attached hydrogens (tertiary/aromatic N) is 1. The summed E-state index contributed by atoms with van der Waals surface area (Å²) in [5, 5.41) is 4.98. The number of halogens is 5. The second-order valence-corrected chi connectivity index (χ2v) is 4.66. The minimum atomic E-state index is -5.75. The Morgan fingerprint density at radius 2 is 1.88 bits per heavy atom. The van der Waals surface area contributed by atoms with Gasteiger partial charge in [-0.1, -0.05) is 0 Å². The zero-order chi connectivity index (χ0) is 18.4. The minimum absolute atomic E-state index is 0.0293. The fourth-order valence-corrected chi connectivity index (χ4v) is 1.46. The molecule has 10 heteroatoms. The minimum Gasteiger partial charge on any atom is -0.383 e. The standard InChI is InChI=1S/C14H14F5N3O2/c1-9(23)11-8-10(3-5-21-11)20-6-7-22-12(24)2-4-13(15,16)14(17,18)19/h2-5,8H,6-7H2,1H3,(H,20,21)(H,22,24). The van der Waals surface area contributed by atoms with Crippen molar-refractivity contribution in [2.75, 3.05) is 18.4 Å². The number of nitrogens with one attached hydrogen (secondary N) is 2. The number of Topliss-reactive ketones (excluding diaryl/α,β-unsaturated/α-hetero) is 1. The molecule has 0 saturated carbocycles. The molecule has 1 amide bonds. The molecule has 0 unspecified atom stereocenters. The predicted octanol–water partition coefficient (Wildman–Crippen LogP) is 2.57. The van der Waals surface area contributed by atoms with Crippen LogP contribution in [0.2, 0.25) is 0 Å². The molecule has 0 aliphatic carbocycles. The lowest BCUT2D eigenvalue weighted by Crippen LogP contribution is -2.35. The summed E-state index contributed by atoms with van der Waals surface area (Å²) in [6.45, 7) is 1.48. The van der Waals surface area contributed by atoms with Crippen LogP contribution in [0.1, 0.15) is 17.4 Å². The van der Waals surface area contributed by atoms with Crippen molar-refractivity contribution >= 4 is 17.4 Å². The highest BCUT2D eigenvalue weighted by molar-refractivity contribution is 5.92. The molecule has 1 aromatic rings. The molecule has 0 radical (unpaired) electrons. The third kappa shape index (κ3) is 5.94. The third-order valence-electron chi connectivity index (χ3n) is 2.70. The van der Waals surface area contributed by atoms with Crippen LogP contribution in [0.25, 0.3) is 0 Å². The fraction of sp³-hybridized carbons (Fsp3) is 0.357. The van der Waals surface area contributed by atoms with Gasteiger partial charge in [-0.2, -0.15) is 22.0 Å². The molecule has 24 heavy (non-hydrogen) atoms. The first kappa shape index (κ1) is 19.5. The third-order valence-corrected chi connectivity index (χ3v) is 2.70. The Morgan fingerprint density at radius 1 is 1.21 bits per heavy atom. The number of allylic oxidation sites excluding steroid dienone is 1. The van der Waals surface area contributed by atoms with E-state index in [2.05, 4.69) is 15.6 Å². The van der Waals surface area contributed by atoms with E-state index in [0.29, 0.717) is 5.69 Å². The van der Waals surface area contributed by atoms with Crippen LogP contribution in [0.4, 0.5) is 27.6 Å². The Balaban J connectivity index is 2.41. The van der Waals surface area contributed by atoms with Crippen molar-refractivity contribution in [2.24, 2.45) is 0 Å². The van der Waals surface area contributed by atoms with E-state index in [1.54, 1.807) is 6.07 Å². The van der Waals surface area contributed by atoms with Crippen LogP contribution in [0.5, 0.6) is 0 Å². The summed E-state index contributed by atoms with van der Waals surface area (Å²) in [6, 6.07) is 3.05. The molecule has 0 aromatic carbocycles. The van der Waals surface area contributed by atoms with Crippen LogP contribution in [0.15, 0.2) is 30.5 Å².